The van der Waals surface area contributed by atoms with Crippen LogP contribution in [0.2, 0.25) is 0 Å². The van der Waals surface area contributed by atoms with Crippen LogP contribution >= 0.6 is 28.3 Å². The van der Waals surface area contributed by atoms with E-state index in [1.165, 1.54) is 12.1 Å². The molecule has 1 N–H and O–H groups in total. The first-order chi connectivity index (χ1) is 13.7. The fraction of sp³-hybridized carbons (Fsp3) is 0.286. The highest BCUT2D eigenvalue weighted by molar-refractivity contribution is 9.10. The van der Waals surface area contributed by atoms with Crippen LogP contribution in [0.25, 0.3) is 0 Å². The summed E-state index contributed by atoms with van der Waals surface area (Å²) >= 11 is 3.57. The normalized spacial score (nSPS) is 10.4. The first-order valence-electron chi connectivity index (χ1n) is 9.06. The molecule has 0 aliphatic heterocycles. The molecule has 29 heavy (non-hydrogen) atoms. The zero-order valence-corrected chi connectivity index (χ0v) is 18.5. The fourth-order valence-corrected chi connectivity index (χ4v) is 3.39. The van der Waals surface area contributed by atoms with Crippen LogP contribution in [0.3, 0.4) is 0 Å². The lowest BCUT2D eigenvalue weighted by atomic mass is 10.2. The van der Waals surface area contributed by atoms with Gasteiger partial charge >= 0.3 is 0 Å². The molecule has 0 spiro atoms. The molecule has 0 saturated carbocycles. The summed E-state index contributed by atoms with van der Waals surface area (Å²) in [6.07, 6.45) is 6.60. The minimum Gasteiger partial charge on any atom is -0.493 e. The van der Waals surface area contributed by atoms with Gasteiger partial charge < -0.3 is 19.4 Å². The molecular formula is C21H24BrClFN3O2. The van der Waals surface area contributed by atoms with Gasteiger partial charge in [-0.25, -0.2) is 9.37 Å². The van der Waals surface area contributed by atoms with Crippen LogP contribution < -0.4 is 14.8 Å². The molecule has 0 fully saturated rings. The van der Waals surface area contributed by atoms with Crippen LogP contribution in [0, 0.1) is 5.82 Å². The van der Waals surface area contributed by atoms with Crippen molar-refractivity contribution in [3.8, 4) is 11.5 Å². The minimum absolute atomic E-state index is 0. The maximum Gasteiger partial charge on any atom is 0.175 e. The molecule has 8 heteroatoms. The lowest BCUT2D eigenvalue weighted by Crippen LogP contribution is -2.16. The molecule has 0 aliphatic rings. The van der Waals surface area contributed by atoms with Gasteiger partial charge in [-0.15, -0.1) is 12.4 Å². The Morgan fingerprint density at radius 1 is 1.17 bits per heavy atom. The Bertz CT molecular complexity index is 876. The highest BCUT2D eigenvalue weighted by Gasteiger charge is 2.12. The topological polar surface area (TPSA) is 48.3 Å². The quantitative estimate of drug-likeness (QED) is 0.413. The molecule has 0 unspecified atom stereocenters. The summed E-state index contributed by atoms with van der Waals surface area (Å²) in [5, 5.41) is 3.44. The summed E-state index contributed by atoms with van der Waals surface area (Å²) in [5.41, 5.74) is 1.99. The molecule has 0 bridgehead atoms. The number of methoxy groups -OCH3 is 1. The van der Waals surface area contributed by atoms with E-state index >= 15 is 0 Å². The summed E-state index contributed by atoms with van der Waals surface area (Å²) < 4.78 is 27.3. The Kier molecular flexibility index (Phi) is 9.44. The Balaban J connectivity index is 0.00000300. The van der Waals surface area contributed by atoms with Crippen molar-refractivity contribution in [2.45, 2.75) is 26.1 Å². The molecule has 0 saturated heterocycles. The van der Waals surface area contributed by atoms with Crippen molar-refractivity contribution in [1.29, 1.82) is 0 Å². The Hall–Kier alpha value is -2.09. The number of nitrogens with one attached hydrogen (secondary N) is 1. The zero-order chi connectivity index (χ0) is 19.8. The number of hydrogen-bond donors (Lipinski definition) is 1. The molecule has 3 rings (SSSR count). The molecule has 3 aromatic rings. The molecule has 0 radical (unpaired) electrons. The van der Waals surface area contributed by atoms with Gasteiger partial charge in [0.25, 0.3) is 0 Å². The smallest absolute Gasteiger partial charge is 0.175 e. The van der Waals surface area contributed by atoms with Crippen LogP contribution in [-0.4, -0.2) is 23.2 Å². The van der Waals surface area contributed by atoms with E-state index in [-0.39, 0.29) is 18.2 Å². The van der Waals surface area contributed by atoms with Gasteiger partial charge in [0.15, 0.2) is 11.5 Å². The van der Waals surface area contributed by atoms with Gasteiger partial charge in [0.05, 0.1) is 17.9 Å². The Morgan fingerprint density at radius 3 is 2.66 bits per heavy atom. The molecule has 1 heterocycles. The Labute approximate surface area is 184 Å². The summed E-state index contributed by atoms with van der Waals surface area (Å²) in [6, 6.07) is 10.2. The van der Waals surface area contributed by atoms with E-state index in [2.05, 4.69) is 30.8 Å². The highest BCUT2D eigenvalue weighted by Crippen LogP contribution is 2.37. The van der Waals surface area contributed by atoms with E-state index in [0.717, 1.165) is 41.7 Å². The summed E-state index contributed by atoms with van der Waals surface area (Å²) in [7, 11) is 1.62. The summed E-state index contributed by atoms with van der Waals surface area (Å²) in [4.78, 5) is 4.04. The standard InChI is InChI=1S/C21H23BrFN3O2.ClH/c1-27-20-12-17(13-24-7-2-9-26-10-8-25-15-26)11-19(22)21(20)28-14-16-3-5-18(23)6-4-16;/h3-6,8,10-12,15,24H,2,7,9,13-14H2,1H3;1H. The number of benzene rings is 2. The van der Waals surface area contributed by atoms with E-state index in [0.29, 0.717) is 18.1 Å². The number of aromatic nitrogens is 2. The molecule has 0 aliphatic carbocycles. The second-order valence-corrected chi connectivity index (χ2v) is 7.21. The van der Waals surface area contributed by atoms with E-state index in [1.54, 1.807) is 25.4 Å². The molecule has 156 valence electrons. The average Bonchev–Trinajstić information content (AvgIpc) is 3.21. The van der Waals surface area contributed by atoms with Gasteiger partial charge in [-0.05, 0) is 64.3 Å². The molecule has 0 amide bonds. The number of ether oxygens (including phenoxy) is 2. The SMILES string of the molecule is COc1cc(CNCCCn2ccnc2)cc(Br)c1OCc1ccc(F)cc1.Cl. The second-order valence-electron chi connectivity index (χ2n) is 6.36. The largest absolute Gasteiger partial charge is 0.493 e. The molecule has 2 aromatic carbocycles. The molecule has 5 nitrogen and oxygen atoms in total. The van der Waals surface area contributed by atoms with Crippen molar-refractivity contribution in [2.24, 2.45) is 0 Å². The summed E-state index contributed by atoms with van der Waals surface area (Å²) in [5.74, 6) is 1.03. The third kappa shape index (κ3) is 7.03. The maximum atomic E-state index is 13.0. The predicted octanol–water partition coefficient (Wildman–Crippen LogP) is 4.97. The van der Waals surface area contributed by atoms with E-state index in [1.807, 2.05) is 24.7 Å². The lowest BCUT2D eigenvalue weighted by Gasteiger charge is -2.15. The molecular weight excluding hydrogens is 461 g/mol. The van der Waals surface area contributed by atoms with Crippen molar-refractivity contribution in [3.05, 3.63) is 76.5 Å². The molecule has 1 aromatic heterocycles. The van der Waals surface area contributed by atoms with Gasteiger partial charge in [-0.3, -0.25) is 0 Å². The number of nitrogens with zero attached hydrogens (tertiary/aromatic N) is 2. The van der Waals surface area contributed by atoms with E-state index in [4.69, 9.17) is 9.47 Å². The highest BCUT2D eigenvalue weighted by atomic mass is 79.9. The van der Waals surface area contributed by atoms with Crippen molar-refractivity contribution in [2.75, 3.05) is 13.7 Å². The van der Waals surface area contributed by atoms with Gasteiger partial charge in [0.1, 0.15) is 12.4 Å². The van der Waals surface area contributed by atoms with Crippen LogP contribution in [-0.2, 0) is 19.7 Å². The van der Waals surface area contributed by atoms with Gasteiger partial charge in [-0.2, -0.15) is 0 Å². The Morgan fingerprint density at radius 2 is 1.97 bits per heavy atom. The lowest BCUT2D eigenvalue weighted by molar-refractivity contribution is 0.282. The van der Waals surface area contributed by atoms with Crippen LogP contribution in [0.4, 0.5) is 4.39 Å². The third-order valence-electron chi connectivity index (χ3n) is 4.24. The van der Waals surface area contributed by atoms with Crippen molar-refractivity contribution in [3.63, 3.8) is 0 Å². The van der Waals surface area contributed by atoms with E-state index < -0.39 is 0 Å². The van der Waals surface area contributed by atoms with Crippen molar-refractivity contribution < 1.29 is 13.9 Å². The van der Waals surface area contributed by atoms with Crippen molar-refractivity contribution in [1.82, 2.24) is 14.9 Å². The predicted molar refractivity (Wildman–Crippen MR) is 117 cm³/mol. The van der Waals surface area contributed by atoms with Crippen LogP contribution in [0.1, 0.15) is 17.5 Å². The van der Waals surface area contributed by atoms with Gasteiger partial charge in [0.2, 0.25) is 0 Å². The number of rotatable bonds is 10. The number of imidazole rings is 1. The number of hydrogen-bond acceptors (Lipinski definition) is 4. The zero-order valence-electron chi connectivity index (χ0n) is 16.1. The first-order valence-corrected chi connectivity index (χ1v) is 9.85. The fourth-order valence-electron chi connectivity index (χ4n) is 2.79. The van der Waals surface area contributed by atoms with Crippen LogP contribution in [0.15, 0.2) is 59.6 Å². The molecule has 0 atom stereocenters. The minimum atomic E-state index is -0.260. The average molecular weight is 485 g/mol. The maximum absolute atomic E-state index is 13.0. The van der Waals surface area contributed by atoms with Crippen LogP contribution in [0.5, 0.6) is 11.5 Å². The monoisotopic (exact) mass is 483 g/mol. The first kappa shape index (κ1) is 23.2. The van der Waals surface area contributed by atoms with E-state index in [9.17, 15) is 4.39 Å². The summed E-state index contributed by atoms with van der Waals surface area (Å²) in [6.45, 7) is 2.91. The van der Waals surface area contributed by atoms with Crippen molar-refractivity contribution >= 4 is 28.3 Å². The number of halogens is 3. The number of aryl methyl sites for hydroxylation is 1. The van der Waals surface area contributed by atoms with Gasteiger partial charge in [0, 0.05) is 25.5 Å². The van der Waals surface area contributed by atoms with Gasteiger partial charge in [-0.1, -0.05) is 12.1 Å². The second kappa shape index (κ2) is 11.8. The third-order valence-corrected chi connectivity index (χ3v) is 4.83.